The van der Waals surface area contributed by atoms with Crippen LogP contribution < -0.4 is 16.0 Å². The van der Waals surface area contributed by atoms with Crippen LogP contribution in [0.25, 0.3) is 0 Å². The first kappa shape index (κ1) is 21.5. The molecule has 1 saturated carbocycles. The average Bonchev–Trinajstić information content (AvgIpc) is 3.36. The number of aliphatic imine (C=N–C) groups is 1. The standard InChI is InChI=1S/C17H33N5O.HI/c1-3-11-22-12-8-15(9-13-22)21-17(18-2)19-10-4-5-16(23)20-14-6-7-14;/h14-15H,3-13H2,1-2H3,(H,20,23)(H2,18,19,21);1H. The van der Waals surface area contributed by atoms with Gasteiger partial charge >= 0.3 is 0 Å². The van der Waals surface area contributed by atoms with Crippen molar-refractivity contribution in [3.8, 4) is 0 Å². The van der Waals surface area contributed by atoms with Crippen LogP contribution in [-0.2, 0) is 4.79 Å². The summed E-state index contributed by atoms with van der Waals surface area (Å²) in [7, 11) is 1.81. The molecule has 0 radical (unpaired) electrons. The molecule has 0 atom stereocenters. The summed E-state index contributed by atoms with van der Waals surface area (Å²) >= 11 is 0. The van der Waals surface area contributed by atoms with Crippen molar-refractivity contribution >= 4 is 35.8 Å². The maximum atomic E-state index is 11.6. The third-order valence-electron chi connectivity index (χ3n) is 4.51. The molecule has 1 amide bonds. The van der Waals surface area contributed by atoms with Crippen LogP contribution >= 0.6 is 24.0 Å². The van der Waals surface area contributed by atoms with Gasteiger partial charge in [-0.3, -0.25) is 9.79 Å². The minimum Gasteiger partial charge on any atom is -0.356 e. The van der Waals surface area contributed by atoms with Crippen LogP contribution in [0, 0.1) is 0 Å². The van der Waals surface area contributed by atoms with Crippen LogP contribution in [0.5, 0.6) is 0 Å². The number of carbonyl (C=O) groups is 1. The third kappa shape index (κ3) is 8.50. The Kier molecular flexibility index (Phi) is 10.6. The minimum atomic E-state index is 0. The van der Waals surface area contributed by atoms with Crippen molar-refractivity contribution in [1.29, 1.82) is 0 Å². The maximum Gasteiger partial charge on any atom is 0.220 e. The lowest BCUT2D eigenvalue weighted by atomic mass is 10.1. The predicted molar refractivity (Wildman–Crippen MR) is 110 cm³/mol. The summed E-state index contributed by atoms with van der Waals surface area (Å²) in [5.41, 5.74) is 0. The summed E-state index contributed by atoms with van der Waals surface area (Å²) < 4.78 is 0. The Bertz CT molecular complexity index is 392. The molecule has 0 spiro atoms. The van der Waals surface area contributed by atoms with Crippen molar-refractivity contribution in [3.05, 3.63) is 0 Å². The van der Waals surface area contributed by atoms with Gasteiger partial charge in [0.05, 0.1) is 0 Å². The van der Waals surface area contributed by atoms with Gasteiger partial charge in [-0.05, 0) is 45.1 Å². The van der Waals surface area contributed by atoms with E-state index in [1.165, 1.54) is 38.9 Å². The van der Waals surface area contributed by atoms with E-state index < -0.39 is 0 Å². The summed E-state index contributed by atoms with van der Waals surface area (Å²) in [6.07, 6.45) is 7.31. The molecule has 2 fully saturated rings. The Labute approximate surface area is 163 Å². The van der Waals surface area contributed by atoms with Crippen LogP contribution in [-0.4, -0.2) is 62.1 Å². The molecule has 0 aromatic heterocycles. The molecule has 2 aliphatic rings. The quantitative estimate of drug-likeness (QED) is 0.228. The van der Waals surface area contributed by atoms with E-state index in [9.17, 15) is 4.79 Å². The van der Waals surface area contributed by atoms with Crippen molar-refractivity contribution in [2.75, 3.05) is 33.2 Å². The molecule has 0 bridgehead atoms. The monoisotopic (exact) mass is 451 g/mol. The van der Waals surface area contributed by atoms with Crippen LogP contribution in [0.4, 0.5) is 0 Å². The lowest BCUT2D eigenvalue weighted by Gasteiger charge is -2.32. The normalized spacial score (nSPS) is 19.5. The van der Waals surface area contributed by atoms with Gasteiger partial charge in [0.15, 0.2) is 5.96 Å². The molecule has 1 aliphatic heterocycles. The number of likely N-dealkylation sites (tertiary alicyclic amines) is 1. The number of halogens is 1. The number of carbonyl (C=O) groups excluding carboxylic acids is 1. The summed E-state index contributed by atoms with van der Waals surface area (Å²) in [6, 6.07) is 0.968. The summed E-state index contributed by atoms with van der Waals surface area (Å²) in [5.74, 6) is 1.04. The first-order chi connectivity index (χ1) is 11.2. The van der Waals surface area contributed by atoms with Crippen molar-refractivity contribution in [2.24, 2.45) is 4.99 Å². The number of hydrogen-bond donors (Lipinski definition) is 3. The van der Waals surface area contributed by atoms with Gasteiger partial charge in [-0.2, -0.15) is 0 Å². The highest BCUT2D eigenvalue weighted by Gasteiger charge is 2.22. The van der Waals surface area contributed by atoms with E-state index in [1.807, 2.05) is 0 Å². The number of nitrogens with zero attached hydrogens (tertiary/aromatic N) is 2. The fourth-order valence-corrected chi connectivity index (χ4v) is 2.99. The summed E-state index contributed by atoms with van der Waals surface area (Å²) in [6.45, 7) is 6.57. The summed E-state index contributed by atoms with van der Waals surface area (Å²) in [4.78, 5) is 18.4. The number of nitrogens with one attached hydrogen (secondary N) is 3. The second-order valence-electron chi connectivity index (χ2n) is 6.70. The fourth-order valence-electron chi connectivity index (χ4n) is 2.99. The van der Waals surface area contributed by atoms with E-state index >= 15 is 0 Å². The van der Waals surface area contributed by atoms with Gasteiger partial charge in [-0.1, -0.05) is 6.92 Å². The number of amides is 1. The molecule has 7 heteroatoms. The van der Waals surface area contributed by atoms with E-state index in [2.05, 4.69) is 32.8 Å². The topological polar surface area (TPSA) is 68.8 Å². The fraction of sp³-hybridized carbons (Fsp3) is 0.882. The summed E-state index contributed by atoms with van der Waals surface area (Å²) in [5, 5.41) is 9.85. The van der Waals surface area contributed by atoms with Gasteiger partial charge in [-0.15, -0.1) is 24.0 Å². The molecular formula is C17H34IN5O. The molecule has 0 unspecified atom stereocenters. The Morgan fingerprint density at radius 3 is 2.38 bits per heavy atom. The molecule has 24 heavy (non-hydrogen) atoms. The second-order valence-corrected chi connectivity index (χ2v) is 6.70. The lowest BCUT2D eigenvalue weighted by Crippen LogP contribution is -2.48. The van der Waals surface area contributed by atoms with Crippen LogP contribution in [0.3, 0.4) is 0 Å². The molecule has 1 saturated heterocycles. The van der Waals surface area contributed by atoms with Crippen molar-refractivity contribution in [3.63, 3.8) is 0 Å². The van der Waals surface area contributed by atoms with Crippen LogP contribution in [0.15, 0.2) is 4.99 Å². The predicted octanol–water partition coefficient (Wildman–Crippen LogP) is 1.70. The Morgan fingerprint density at radius 2 is 1.79 bits per heavy atom. The maximum absolute atomic E-state index is 11.6. The average molecular weight is 451 g/mol. The zero-order valence-corrected chi connectivity index (χ0v) is 17.5. The Balaban J connectivity index is 0.00000288. The van der Waals surface area contributed by atoms with E-state index in [0.717, 1.165) is 31.8 Å². The van der Waals surface area contributed by atoms with E-state index in [4.69, 9.17) is 0 Å². The molecule has 1 aliphatic carbocycles. The minimum absolute atomic E-state index is 0. The largest absolute Gasteiger partial charge is 0.356 e. The molecule has 0 aromatic rings. The Morgan fingerprint density at radius 1 is 1.12 bits per heavy atom. The van der Waals surface area contributed by atoms with Gasteiger partial charge in [0, 0.05) is 45.2 Å². The zero-order valence-electron chi connectivity index (χ0n) is 15.1. The molecule has 6 nitrogen and oxygen atoms in total. The molecule has 2 rings (SSSR count). The van der Waals surface area contributed by atoms with Crippen molar-refractivity contribution in [1.82, 2.24) is 20.9 Å². The molecular weight excluding hydrogens is 417 g/mol. The van der Waals surface area contributed by atoms with Crippen molar-refractivity contribution < 1.29 is 4.79 Å². The highest BCUT2D eigenvalue weighted by atomic mass is 127. The highest BCUT2D eigenvalue weighted by molar-refractivity contribution is 14.0. The van der Waals surface area contributed by atoms with Gasteiger partial charge in [0.25, 0.3) is 0 Å². The number of piperidine rings is 1. The van der Waals surface area contributed by atoms with Gasteiger partial charge in [0.1, 0.15) is 0 Å². The molecule has 1 heterocycles. The zero-order chi connectivity index (χ0) is 16.5. The number of rotatable bonds is 8. The van der Waals surface area contributed by atoms with Crippen LogP contribution in [0.1, 0.15) is 51.9 Å². The number of guanidine groups is 1. The highest BCUT2D eigenvalue weighted by Crippen LogP contribution is 2.18. The molecule has 3 N–H and O–H groups in total. The Hall–Kier alpha value is -0.570. The second kappa shape index (κ2) is 11.9. The van der Waals surface area contributed by atoms with Gasteiger partial charge < -0.3 is 20.9 Å². The molecule has 140 valence electrons. The van der Waals surface area contributed by atoms with Crippen molar-refractivity contribution in [2.45, 2.75) is 64.0 Å². The first-order valence-corrected chi connectivity index (χ1v) is 9.20. The van der Waals surface area contributed by atoms with Crippen LogP contribution in [0.2, 0.25) is 0 Å². The smallest absolute Gasteiger partial charge is 0.220 e. The molecule has 0 aromatic carbocycles. The van der Waals surface area contributed by atoms with Gasteiger partial charge in [0.2, 0.25) is 5.91 Å². The van der Waals surface area contributed by atoms with E-state index in [1.54, 1.807) is 7.05 Å². The SMILES string of the molecule is CCCN1CCC(NC(=NC)NCCCC(=O)NC2CC2)CC1.I. The number of hydrogen-bond acceptors (Lipinski definition) is 3. The van der Waals surface area contributed by atoms with E-state index in [-0.39, 0.29) is 29.9 Å². The first-order valence-electron chi connectivity index (χ1n) is 9.20. The third-order valence-corrected chi connectivity index (χ3v) is 4.51. The van der Waals surface area contributed by atoms with Gasteiger partial charge in [-0.25, -0.2) is 0 Å². The lowest BCUT2D eigenvalue weighted by molar-refractivity contribution is -0.121. The van der Waals surface area contributed by atoms with E-state index in [0.29, 0.717) is 18.5 Å².